The van der Waals surface area contributed by atoms with Crippen molar-refractivity contribution in [1.82, 2.24) is 19.6 Å². The molecule has 0 aliphatic rings. The van der Waals surface area contributed by atoms with E-state index >= 15 is 0 Å². The summed E-state index contributed by atoms with van der Waals surface area (Å²) in [5.41, 5.74) is 0.343. The van der Waals surface area contributed by atoms with Gasteiger partial charge in [0, 0.05) is 12.4 Å². The smallest absolute Gasteiger partial charge is 0.367 e. The minimum Gasteiger partial charge on any atom is -0.367 e. The van der Waals surface area contributed by atoms with Crippen molar-refractivity contribution < 1.29 is 18.9 Å². The zero-order chi connectivity index (χ0) is 10.2. The SMILES string of the molecule is O=P(O)(O)Oc1nc2cnccn2n1. The molecule has 0 bridgehead atoms. The Bertz CT molecular complexity index is 472. The van der Waals surface area contributed by atoms with Crippen LogP contribution in [-0.2, 0) is 4.57 Å². The Kier molecular flexibility index (Phi) is 1.95. The molecule has 0 aliphatic heterocycles. The third kappa shape index (κ3) is 1.87. The molecule has 2 rings (SSSR count). The van der Waals surface area contributed by atoms with Crippen LogP contribution < -0.4 is 4.52 Å². The molecule has 9 heteroatoms. The second kappa shape index (κ2) is 3.02. The third-order valence-electron chi connectivity index (χ3n) is 1.32. The number of phosphoric ester groups is 1. The number of aromatic nitrogens is 4. The van der Waals surface area contributed by atoms with Gasteiger partial charge in [-0.1, -0.05) is 0 Å². The van der Waals surface area contributed by atoms with Crippen molar-refractivity contribution in [3.63, 3.8) is 0 Å². The average Bonchev–Trinajstić information content (AvgIpc) is 2.42. The monoisotopic (exact) mass is 216 g/mol. The van der Waals surface area contributed by atoms with E-state index in [1.165, 1.54) is 23.1 Å². The summed E-state index contributed by atoms with van der Waals surface area (Å²) < 4.78 is 15.9. The summed E-state index contributed by atoms with van der Waals surface area (Å²) in [4.78, 5) is 24.4. The molecule has 2 aromatic heterocycles. The molecule has 0 unspecified atom stereocenters. The van der Waals surface area contributed by atoms with E-state index in [2.05, 4.69) is 19.6 Å². The van der Waals surface area contributed by atoms with Crippen molar-refractivity contribution in [1.29, 1.82) is 0 Å². The van der Waals surface area contributed by atoms with E-state index < -0.39 is 7.82 Å². The van der Waals surface area contributed by atoms with Gasteiger partial charge >= 0.3 is 13.8 Å². The van der Waals surface area contributed by atoms with Crippen LogP contribution in [0.3, 0.4) is 0 Å². The highest BCUT2D eigenvalue weighted by Crippen LogP contribution is 2.35. The molecule has 0 fully saturated rings. The maximum atomic E-state index is 10.4. The Morgan fingerprint density at radius 3 is 2.93 bits per heavy atom. The Hall–Kier alpha value is -1.50. The molecule has 2 N–H and O–H groups in total. The van der Waals surface area contributed by atoms with Crippen LogP contribution in [0.1, 0.15) is 0 Å². The van der Waals surface area contributed by atoms with Crippen molar-refractivity contribution in [2.24, 2.45) is 0 Å². The maximum absolute atomic E-state index is 10.4. The largest absolute Gasteiger partial charge is 0.527 e. The number of hydrogen-bond donors (Lipinski definition) is 2. The zero-order valence-corrected chi connectivity index (χ0v) is 7.57. The van der Waals surface area contributed by atoms with Gasteiger partial charge in [-0.15, -0.1) is 5.10 Å². The fraction of sp³-hybridized carbons (Fsp3) is 0. The molecule has 0 aromatic carbocycles. The highest BCUT2D eigenvalue weighted by molar-refractivity contribution is 7.46. The van der Waals surface area contributed by atoms with Gasteiger partial charge in [0.25, 0.3) is 0 Å². The van der Waals surface area contributed by atoms with Gasteiger partial charge in [0.05, 0.1) is 6.20 Å². The van der Waals surface area contributed by atoms with E-state index in [1.807, 2.05) is 0 Å². The van der Waals surface area contributed by atoms with Gasteiger partial charge in [-0.3, -0.25) is 14.8 Å². The summed E-state index contributed by atoms with van der Waals surface area (Å²) in [5, 5.41) is 3.65. The van der Waals surface area contributed by atoms with E-state index in [-0.39, 0.29) is 6.01 Å². The molecule has 2 heterocycles. The summed E-state index contributed by atoms with van der Waals surface area (Å²) in [6.07, 6.45) is 4.33. The van der Waals surface area contributed by atoms with Gasteiger partial charge in [0.2, 0.25) is 0 Å². The molecule has 0 saturated carbocycles. The van der Waals surface area contributed by atoms with Crippen molar-refractivity contribution in [3.8, 4) is 6.01 Å². The lowest BCUT2D eigenvalue weighted by atomic mass is 10.7. The van der Waals surface area contributed by atoms with Gasteiger partial charge in [-0.25, -0.2) is 9.08 Å². The van der Waals surface area contributed by atoms with Crippen molar-refractivity contribution in [2.75, 3.05) is 0 Å². The molecule has 14 heavy (non-hydrogen) atoms. The third-order valence-corrected chi connectivity index (χ3v) is 1.72. The van der Waals surface area contributed by atoms with Crippen molar-refractivity contribution in [3.05, 3.63) is 18.6 Å². The lowest BCUT2D eigenvalue weighted by Crippen LogP contribution is -1.92. The Labute approximate surface area is 77.4 Å². The van der Waals surface area contributed by atoms with Crippen molar-refractivity contribution >= 4 is 13.5 Å². The van der Waals surface area contributed by atoms with Gasteiger partial charge < -0.3 is 4.52 Å². The van der Waals surface area contributed by atoms with Crippen LogP contribution in [0.15, 0.2) is 18.6 Å². The summed E-state index contributed by atoms with van der Waals surface area (Å²) in [6, 6.07) is -0.383. The van der Waals surface area contributed by atoms with E-state index in [9.17, 15) is 4.57 Å². The molecule has 0 atom stereocenters. The van der Waals surface area contributed by atoms with Crippen LogP contribution in [0, 0.1) is 0 Å². The molecule has 0 saturated heterocycles. The fourth-order valence-corrected chi connectivity index (χ4v) is 1.16. The van der Waals surface area contributed by atoms with Crippen molar-refractivity contribution in [2.45, 2.75) is 0 Å². The molecule has 0 spiro atoms. The van der Waals surface area contributed by atoms with Crippen LogP contribution in [0.4, 0.5) is 0 Å². The van der Waals surface area contributed by atoms with E-state index in [4.69, 9.17) is 9.79 Å². The molecule has 74 valence electrons. The normalized spacial score (nSPS) is 11.9. The molecular weight excluding hydrogens is 211 g/mol. The molecular formula is C5H5N4O4P. The summed E-state index contributed by atoms with van der Waals surface area (Å²) in [6.45, 7) is 0. The summed E-state index contributed by atoms with van der Waals surface area (Å²) in [7, 11) is -4.60. The number of hydrogen-bond acceptors (Lipinski definition) is 5. The molecule has 0 radical (unpaired) electrons. The molecule has 8 nitrogen and oxygen atoms in total. The number of phosphoric acid groups is 1. The first-order valence-corrected chi connectivity index (χ1v) is 4.99. The standard InChI is InChI=1S/C5H5N4O4P/c10-14(11,12)13-5-7-4-3-6-1-2-9(4)8-5/h1-3H,(H2,10,11,12). The van der Waals surface area contributed by atoms with E-state index in [0.717, 1.165) is 0 Å². The van der Waals surface area contributed by atoms with E-state index in [1.54, 1.807) is 0 Å². The Morgan fingerprint density at radius 1 is 1.50 bits per heavy atom. The molecule has 2 aromatic rings. The second-order valence-electron chi connectivity index (χ2n) is 2.36. The minimum absolute atomic E-state index is 0.343. The summed E-state index contributed by atoms with van der Waals surface area (Å²) in [5.74, 6) is 0. The highest BCUT2D eigenvalue weighted by Gasteiger charge is 2.19. The maximum Gasteiger partial charge on any atom is 0.527 e. The number of fused-ring (bicyclic) bond motifs is 1. The van der Waals surface area contributed by atoms with Crippen LogP contribution in [-0.4, -0.2) is 29.4 Å². The van der Waals surface area contributed by atoms with Gasteiger partial charge in [0.15, 0.2) is 5.65 Å². The van der Waals surface area contributed by atoms with Gasteiger partial charge in [-0.2, -0.15) is 4.98 Å². The molecule has 0 amide bonds. The first-order chi connectivity index (χ1) is 6.54. The van der Waals surface area contributed by atoms with Crippen LogP contribution in [0.5, 0.6) is 6.01 Å². The topological polar surface area (TPSA) is 110 Å². The van der Waals surface area contributed by atoms with E-state index in [0.29, 0.717) is 5.65 Å². The lowest BCUT2D eigenvalue weighted by molar-refractivity contribution is 0.275. The minimum atomic E-state index is -4.60. The lowest BCUT2D eigenvalue weighted by Gasteiger charge is -1.99. The van der Waals surface area contributed by atoms with Gasteiger partial charge in [-0.05, 0) is 0 Å². The van der Waals surface area contributed by atoms with Crippen LogP contribution >= 0.6 is 7.82 Å². The fourth-order valence-electron chi connectivity index (χ4n) is 0.869. The van der Waals surface area contributed by atoms with Gasteiger partial charge in [0.1, 0.15) is 0 Å². The highest BCUT2D eigenvalue weighted by atomic mass is 31.2. The van der Waals surface area contributed by atoms with Crippen LogP contribution in [0.25, 0.3) is 5.65 Å². The Balaban J connectivity index is 2.41. The Morgan fingerprint density at radius 2 is 2.29 bits per heavy atom. The predicted octanol–water partition coefficient (Wildman–Crippen LogP) is -0.404. The summed E-state index contributed by atoms with van der Waals surface area (Å²) >= 11 is 0. The zero-order valence-electron chi connectivity index (χ0n) is 6.68. The quantitative estimate of drug-likeness (QED) is 0.656. The first kappa shape index (κ1) is 9.07. The average molecular weight is 216 g/mol. The number of nitrogens with zero attached hydrogens (tertiary/aromatic N) is 4. The molecule has 0 aliphatic carbocycles. The number of rotatable bonds is 2. The van der Waals surface area contributed by atoms with Crippen LogP contribution in [0.2, 0.25) is 0 Å². The predicted molar refractivity (Wildman–Crippen MR) is 43.5 cm³/mol. The second-order valence-corrected chi connectivity index (χ2v) is 3.52. The first-order valence-electron chi connectivity index (χ1n) is 3.46.